The highest BCUT2D eigenvalue weighted by atomic mass is 35.5. The standard InChI is InChI=1S/C26H21ClFNO5/c1-3-34-19-6-4-5-18(14-19)29-23(15-7-9-16(27)10-8-15)22(25(31)26(29)32)24(30)20-13-17(28)11-12-21(20)33-2/h4-14,23,30H,3H2,1-2H3/b24-22+. The largest absolute Gasteiger partial charge is 0.507 e. The van der Waals surface area contributed by atoms with E-state index in [2.05, 4.69) is 0 Å². The summed E-state index contributed by atoms with van der Waals surface area (Å²) in [5.41, 5.74) is 0.696. The van der Waals surface area contributed by atoms with Crippen molar-refractivity contribution in [2.24, 2.45) is 0 Å². The van der Waals surface area contributed by atoms with Gasteiger partial charge in [0, 0.05) is 16.8 Å². The number of aliphatic hydroxyl groups is 1. The number of carbonyl (C=O) groups is 2. The quantitative estimate of drug-likeness (QED) is 0.285. The average molecular weight is 482 g/mol. The van der Waals surface area contributed by atoms with Gasteiger partial charge in [0.1, 0.15) is 23.1 Å². The van der Waals surface area contributed by atoms with Crippen LogP contribution in [0.3, 0.4) is 0 Å². The van der Waals surface area contributed by atoms with E-state index >= 15 is 0 Å². The molecule has 0 radical (unpaired) electrons. The molecule has 1 N–H and O–H groups in total. The molecule has 8 heteroatoms. The van der Waals surface area contributed by atoms with E-state index in [1.165, 1.54) is 24.1 Å². The predicted octanol–water partition coefficient (Wildman–Crippen LogP) is 5.51. The van der Waals surface area contributed by atoms with Gasteiger partial charge < -0.3 is 14.6 Å². The third-order valence-corrected chi connectivity index (χ3v) is 5.71. The van der Waals surface area contributed by atoms with Crippen LogP contribution in [0.4, 0.5) is 10.1 Å². The van der Waals surface area contributed by atoms with Crippen molar-refractivity contribution in [3.05, 3.63) is 94.3 Å². The Kier molecular flexibility index (Phi) is 6.56. The predicted molar refractivity (Wildman–Crippen MR) is 127 cm³/mol. The molecule has 1 atom stereocenters. The number of methoxy groups -OCH3 is 1. The highest BCUT2D eigenvalue weighted by Gasteiger charge is 2.47. The van der Waals surface area contributed by atoms with E-state index in [4.69, 9.17) is 21.1 Å². The van der Waals surface area contributed by atoms with Crippen LogP contribution in [0, 0.1) is 5.82 Å². The van der Waals surface area contributed by atoms with Crippen LogP contribution in [0.1, 0.15) is 24.1 Å². The molecule has 0 bridgehead atoms. The molecule has 0 aliphatic carbocycles. The zero-order valence-electron chi connectivity index (χ0n) is 18.4. The number of aliphatic hydroxyl groups excluding tert-OH is 1. The van der Waals surface area contributed by atoms with E-state index in [0.717, 1.165) is 6.07 Å². The Labute approximate surface area is 200 Å². The maximum atomic E-state index is 14.0. The van der Waals surface area contributed by atoms with Gasteiger partial charge in [-0.05, 0) is 55.0 Å². The number of hydrogen-bond donors (Lipinski definition) is 1. The molecule has 1 amide bonds. The number of halogens is 2. The first-order valence-electron chi connectivity index (χ1n) is 10.5. The van der Waals surface area contributed by atoms with Gasteiger partial charge in [0.25, 0.3) is 11.7 Å². The van der Waals surface area contributed by atoms with Crippen molar-refractivity contribution < 1.29 is 28.6 Å². The van der Waals surface area contributed by atoms with Crippen LogP contribution in [0.15, 0.2) is 72.3 Å². The molecule has 1 fully saturated rings. The van der Waals surface area contributed by atoms with Gasteiger partial charge in [-0.25, -0.2) is 4.39 Å². The van der Waals surface area contributed by atoms with E-state index in [1.807, 2.05) is 6.92 Å². The van der Waals surface area contributed by atoms with Gasteiger partial charge in [0.05, 0.1) is 30.9 Å². The number of Topliss-reactive ketones (excluding diaryl/α,β-unsaturated/α-hetero) is 1. The fourth-order valence-electron chi connectivity index (χ4n) is 3.96. The molecule has 0 saturated carbocycles. The molecular formula is C26H21ClFNO5. The molecule has 174 valence electrons. The van der Waals surface area contributed by atoms with E-state index < -0.39 is 29.3 Å². The molecule has 6 nitrogen and oxygen atoms in total. The summed E-state index contributed by atoms with van der Waals surface area (Å²) in [6.45, 7) is 2.25. The van der Waals surface area contributed by atoms with Crippen LogP contribution >= 0.6 is 11.6 Å². The van der Waals surface area contributed by atoms with Gasteiger partial charge >= 0.3 is 0 Å². The molecule has 3 aromatic carbocycles. The Morgan fingerprint density at radius 1 is 1.09 bits per heavy atom. The zero-order valence-corrected chi connectivity index (χ0v) is 19.2. The molecule has 1 heterocycles. The SMILES string of the molecule is CCOc1cccc(N2C(=O)C(=O)/C(=C(/O)c3cc(F)ccc3OC)C2c2ccc(Cl)cc2)c1. The summed E-state index contributed by atoms with van der Waals surface area (Å²) in [5.74, 6) is -2.26. The second-order valence-corrected chi connectivity index (χ2v) is 7.93. The summed E-state index contributed by atoms with van der Waals surface area (Å²) < 4.78 is 24.8. The molecule has 1 aliphatic rings. The van der Waals surface area contributed by atoms with Crippen molar-refractivity contribution in [2.45, 2.75) is 13.0 Å². The zero-order chi connectivity index (χ0) is 24.4. The molecule has 1 saturated heterocycles. The van der Waals surface area contributed by atoms with Crippen LogP contribution in [0.25, 0.3) is 5.76 Å². The van der Waals surface area contributed by atoms with Crippen molar-refractivity contribution in [1.82, 2.24) is 0 Å². The van der Waals surface area contributed by atoms with Crippen molar-refractivity contribution >= 4 is 34.7 Å². The summed E-state index contributed by atoms with van der Waals surface area (Å²) in [6.07, 6.45) is 0. The fourth-order valence-corrected chi connectivity index (χ4v) is 4.09. The minimum atomic E-state index is -0.998. The number of benzene rings is 3. The highest BCUT2D eigenvalue weighted by molar-refractivity contribution is 6.51. The van der Waals surface area contributed by atoms with Crippen molar-refractivity contribution in [3.63, 3.8) is 0 Å². The van der Waals surface area contributed by atoms with E-state index in [1.54, 1.807) is 48.5 Å². The Bertz CT molecular complexity index is 1290. The molecule has 1 unspecified atom stereocenters. The summed E-state index contributed by atoms with van der Waals surface area (Å²) >= 11 is 6.05. The number of carbonyl (C=O) groups excluding carboxylic acids is 2. The molecule has 0 aromatic heterocycles. The smallest absolute Gasteiger partial charge is 0.300 e. The lowest BCUT2D eigenvalue weighted by Crippen LogP contribution is -2.29. The number of rotatable bonds is 6. The first-order chi connectivity index (χ1) is 16.3. The van der Waals surface area contributed by atoms with Gasteiger partial charge in [-0.2, -0.15) is 0 Å². The Morgan fingerprint density at radius 3 is 2.50 bits per heavy atom. The van der Waals surface area contributed by atoms with Crippen molar-refractivity contribution in [1.29, 1.82) is 0 Å². The lowest BCUT2D eigenvalue weighted by Gasteiger charge is -2.26. The van der Waals surface area contributed by atoms with Gasteiger partial charge in [-0.3, -0.25) is 14.5 Å². The summed E-state index contributed by atoms with van der Waals surface area (Å²) in [7, 11) is 1.36. The Morgan fingerprint density at radius 2 is 1.82 bits per heavy atom. The second-order valence-electron chi connectivity index (χ2n) is 7.50. The highest BCUT2D eigenvalue weighted by Crippen LogP contribution is 2.44. The number of amides is 1. The van der Waals surface area contributed by atoms with Gasteiger partial charge in [0.15, 0.2) is 0 Å². The maximum absolute atomic E-state index is 14.0. The first kappa shape index (κ1) is 23.3. The molecule has 1 aliphatic heterocycles. The van der Waals surface area contributed by atoms with Gasteiger partial charge in [-0.15, -0.1) is 0 Å². The van der Waals surface area contributed by atoms with E-state index in [9.17, 15) is 19.1 Å². The monoisotopic (exact) mass is 481 g/mol. The summed E-state index contributed by atoms with van der Waals surface area (Å²) in [6, 6.07) is 15.9. The number of anilines is 1. The van der Waals surface area contributed by atoms with E-state index in [0.29, 0.717) is 28.6 Å². The normalized spacial score (nSPS) is 17.2. The second kappa shape index (κ2) is 9.57. The lowest BCUT2D eigenvalue weighted by atomic mass is 9.95. The summed E-state index contributed by atoms with van der Waals surface area (Å²) in [4.78, 5) is 27.8. The van der Waals surface area contributed by atoms with Crippen molar-refractivity contribution in [2.75, 3.05) is 18.6 Å². The van der Waals surface area contributed by atoms with Crippen molar-refractivity contribution in [3.8, 4) is 11.5 Å². The number of hydrogen-bond acceptors (Lipinski definition) is 5. The summed E-state index contributed by atoms with van der Waals surface area (Å²) in [5, 5.41) is 11.7. The van der Waals surface area contributed by atoms with E-state index in [-0.39, 0.29) is 16.9 Å². The molecular weight excluding hydrogens is 461 g/mol. The van der Waals surface area contributed by atoms with Crippen LogP contribution in [0.2, 0.25) is 5.02 Å². The Hall–Kier alpha value is -3.84. The maximum Gasteiger partial charge on any atom is 0.300 e. The fraction of sp³-hybridized carbons (Fsp3) is 0.154. The minimum absolute atomic E-state index is 0.0393. The minimum Gasteiger partial charge on any atom is -0.507 e. The molecule has 34 heavy (non-hydrogen) atoms. The number of ether oxygens (including phenoxy) is 2. The average Bonchev–Trinajstić information content (AvgIpc) is 3.10. The third-order valence-electron chi connectivity index (χ3n) is 5.45. The van der Waals surface area contributed by atoms with Crippen LogP contribution in [0.5, 0.6) is 11.5 Å². The molecule has 4 rings (SSSR count). The molecule has 3 aromatic rings. The molecule has 0 spiro atoms. The number of nitrogens with zero attached hydrogens (tertiary/aromatic N) is 1. The lowest BCUT2D eigenvalue weighted by molar-refractivity contribution is -0.132. The Balaban J connectivity index is 1.96. The van der Waals surface area contributed by atoms with Gasteiger partial charge in [-0.1, -0.05) is 29.8 Å². The number of ketones is 1. The van der Waals surface area contributed by atoms with Gasteiger partial charge in [0.2, 0.25) is 0 Å². The van der Waals surface area contributed by atoms with Crippen LogP contribution < -0.4 is 14.4 Å². The first-order valence-corrected chi connectivity index (χ1v) is 10.9. The topological polar surface area (TPSA) is 76.1 Å². The van der Waals surface area contributed by atoms with Crippen LogP contribution in [-0.2, 0) is 9.59 Å². The third kappa shape index (κ3) is 4.22. The van der Waals surface area contributed by atoms with Crippen LogP contribution in [-0.4, -0.2) is 30.5 Å².